The molecule has 184 valence electrons. The van der Waals surface area contributed by atoms with Crippen molar-refractivity contribution in [2.24, 2.45) is 0 Å². The summed E-state index contributed by atoms with van der Waals surface area (Å²) in [6.45, 7) is 6.50. The van der Waals surface area contributed by atoms with Gasteiger partial charge in [-0.15, -0.1) is 0 Å². The van der Waals surface area contributed by atoms with E-state index in [0.29, 0.717) is 19.1 Å². The number of aryl methyl sites for hydroxylation is 1. The van der Waals surface area contributed by atoms with Gasteiger partial charge < -0.3 is 14.0 Å². The van der Waals surface area contributed by atoms with Crippen molar-refractivity contribution in [3.8, 4) is 11.5 Å². The molecule has 4 nitrogen and oxygen atoms in total. The minimum Gasteiger partial charge on any atom is -0.494 e. The Bertz CT molecular complexity index is 1420. The number of nitrogens with zero attached hydrogens (tertiary/aromatic N) is 2. The summed E-state index contributed by atoms with van der Waals surface area (Å²) in [6, 6.07) is 31.4. The van der Waals surface area contributed by atoms with Crippen LogP contribution in [-0.4, -0.2) is 16.2 Å². The van der Waals surface area contributed by atoms with Crippen LogP contribution in [0.2, 0.25) is 0 Å². The number of hydrogen-bond acceptors (Lipinski definition) is 3. The molecule has 0 fully saturated rings. The summed E-state index contributed by atoms with van der Waals surface area (Å²) in [5.74, 6) is 3.37. The first-order chi connectivity index (χ1) is 17.7. The molecule has 5 rings (SSSR count). The zero-order valence-corrected chi connectivity index (χ0v) is 21.2. The Kier molecular flexibility index (Phi) is 7.51. The summed E-state index contributed by atoms with van der Waals surface area (Å²) in [5.41, 5.74) is 3.53. The minimum atomic E-state index is 0.432. The molecule has 0 saturated heterocycles. The van der Waals surface area contributed by atoms with Gasteiger partial charge in [0.25, 0.3) is 0 Å². The smallest absolute Gasteiger partial charge is 0.147 e. The molecule has 1 atom stereocenters. The van der Waals surface area contributed by atoms with Gasteiger partial charge in [-0.3, -0.25) is 0 Å². The Balaban J connectivity index is 1.21. The van der Waals surface area contributed by atoms with Crippen LogP contribution in [0.1, 0.15) is 50.4 Å². The Morgan fingerprint density at radius 2 is 1.58 bits per heavy atom. The van der Waals surface area contributed by atoms with E-state index < -0.39 is 0 Å². The fourth-order valence-corrected chi connectivity index (χ4v) is 4.64. The molecule has 0 aliphatic rings. The number of imidazole rings is 1. The highest BCUT2D eigenvalue weighted by Gasteiger charge is 2.12. The van der Waals surface area contributed by atoms with Crippen molar-refractivity contribution in [3.05, 3.63) is 102 Å². The van der Waals surface area contributed by atoms with E-state index in [9.17, 15) is 0 Å². The molecule has 0 amide bonds. The first kappa shape index (κ1) is 23.9. The number of ether oxygens (including phenoxy) is 2. The van der Waals surface area contributed by atoms with E-state index >= 15 is 0 Å². The molecule has 1 heterocycles. The molecule has 0 bridgehead atoms. The van der Waals surface area contributed by atoms with E-state index in [1.807, 2.05) is 24.3 Å². The molecule has 4 heteroatoms. The van der Waals surface area contributed by atoms with Crippen LogP contribution in [0.15, 0.2) is 91.0 Å². The summed E-state index contributed by atoms with van der Waals surface area (Å²) in [7, 11) is 0. The summed E-state index contributed by atoms with van der Waals surface area (Å²) in [5, 5.41) is 2.30. The third-order valence-electron chi connectivity index (χ3n) is 6.95. The van der Waals surface area contributed by atoms with Crippen molar-refractivity contribution in [1.29, 1.82) is 0 Å². The number of fused-ring (bicyclic) bond motifs is 2. The predicted octanol–water partition coefficient (Wildman–Crippen LogP) is 8.14. The van der Waals surface area contributed by atoms with E-state index in [4.69, 9.17) is 14.5 Å². The van der Waals surface area contributed by atoms with Crippen LogP contribution in [0.3, 0.4) is 0 Å². The van der Waals surface area contributed by atoms with Crippen LogP contribution in [0, 0.1) is 0 Å². The van der Waals surface area contributed by atoms with E-state index in [1.165, 1.54) is 10.9 Å². The lowest BCUT2D eigenvalue weighted by atomic mass is 9.99. The third-order valence-corrected chi connectivity index (χ3v) is 6.95. The van der Waals surface area contributed by atoms with Gasteiger partial charge in [0.15, 0.2) is 0 Å². The maximum Gasteiger partial charge on any atom is 0.147 e. The average Bonchev–Trinajstić information content (AvgIpc) is 3.29. The number of benzene rings is 4. The van der Waals surface area contributed by atoms with Gasteiger partial charge in [-0.05, 0) is 66.5 Å². The first-order valence-electron chi connectivity index (χ1n) is 13.0. The van der Waals surface area contributed by atoms with Gasteiger partial charge in [-0.25, -0.2) is 4.98 Å². The van der Waals surface area contributed by atoms with Crippen molar-refractivity contribution >= 4 is 21.8 Å². The molecular formula is C32H34N2O2. The minimum absolute atomic E-state index is 0.432. The third kappa shape index (κ3) is 5.38. The van der Waals surface area contributed by atoms with E-state index in [1.54, 1.807) is 0 Å². The Hall–Kier alpha value is -3.79. The van der Waals surface area contributed by atoms with Gasteiger partial charge in [0.2, 0.25) is 0 Å². The second-order valence-corrected chi connectivity index (χ2v) is 9.37. The van der Waals surface area contributed by atoms with Gasteiger partial charge in [0, 0.05) is 11.9 Å². The Morgan fingerprint density at radius 1 is 0.806 bits per heavy atom. The fourth-order valence-electron chi connectivity index (χ4n) is 4.64. The molecular weight excluding hydrogens is 444 g/mol. The summed E-state index contributed by atoms with van der Waals surface area (Å²) in [4.78, 5) is 4.89. The maximum atomic E-state index is 6.29. The highest BCUT2D eigenvalue weighted by Crippen LogP contribution is 2.27. The number of para-hydroxylation sites is 2. The van der Waals surface area contributed by atoms with E-state index in [-0.39, 0.29) is 0 Å². The molecule has 5 aromatic rings. The van der Waals surface area contributed by atoms with Crippen molar-refractivity contribution in [3.63, 3.8) is 0 Å². The maximum absolute atomic E-state index is 6.29. The highest BCUT2D eigenvalue weighted by molar-refractivity contribution is 5.88. The van der Waals surface area contributed by atoms with Crippen LogP contribution in [-0.2, 0) is 13.2 Å². The summed E-state index contributed by atoms with van der Waals surface area (Å²) in [6.07, 6.45) is 3.13. The zero-order valence-electron chi connectivity index (χ0n) is 21.2. The predicted molar refractivity (Wildman–Crippen MR) is 148 cm³/mol. The lowest BCUT2D eigenvalue weighted by Crippen LogP contribution is -2.09. The standard InChI is InChI=1S/C32H34N2O2/c1-3-24(2)25-17-19-27(20-18-25)35-22-9-8-21-34-30-15-7-6-14-29(30)33-32(34)23-36-31-16-10-12-26-11-4-5-13-28(26)31/h4-7,10-20,24H,3,8-9,21-23H2,1-2H3. The lowest BCUT2D eigenvalue weighted by molar-refractivity contribution is 0.287. The van der Waals surface area contributed by atoms with Gasteiger partial charge in [-0.1, -0.05) is 74.5 Å². The van der Waals surface area contributed by atoms with Crippen LogP contribution >= 0.6 is 0 Å². The molecule has 0 saturated carbocycles. The topological polar surface area (TPSA) is 36.3 Å². The number of unbranched alkanes of at least 4 members (excludes halogenated alkanes) is 1. The van der Waals surface area contributed by atoms with Crippen LogP contribution in [0.4, 0.5) is 0 Å². The van der Waals surface area contributed by atoms with Crippen molar-refractivity contribution in [2.45, 2.75) is 52.2 Å². The molecule has 0 N–H and O–H groups in total. The molecule has 0 radical (unpaired) electrons. The van der Waals surface area contributed by atoms with E-state index in [2.05, 4.69) is 85.1 Å². The van der Waals surface area contributed by atoms with Crippen molar-refractivity contribution < 1.29 is 9.47 Å². The number of hydrogen-bond donors (Lipinski definition) is 0. The van der Waals surface area contributed by atoms with Gasteiger partial charge >= 0.3 is 0 Å². The lowest BCUT2D eigenvalue weighted by Gasteiger charge is -2.13. The average molecular weight is 479 g/mol. The fraction of sp³-hybridized carbons (Fsp3) is 0.281. The SMILES string of the molecule is CCC(C)c1ccc(OCCCCn2c(COc3cccc4ccccc34)nc3ccccc32)cc1. The Morgan fingerprint density at radius 3 is 2.44 bits per heavy atom. The van der Waals surface area contributed by atoms with Crippen LogP contribution < -0.4 is 9.47 Å². The monoisotopic (exact) mass is 478 g/mol. The van der Waals surface area contributed by atoms with Crippen LogP contribution in [0.5, 0.6) is 11.5 Å². The largest absolute Gasteiger partial charge is 0.494 e. The number of aromatic nitrogens is 2. The molecule has 0 aliphatic heterocycles. The zero-order chi connectivity index (χ0) is 24.7. The van der Waals surface area contributed by atoms with Crippen molar-refractivity contribution in [1.82, 2.24) is 9.55 Å². The van der Waals surface area contributed by atoms with Crippen LogP contribution in [0.25, 0.3) is 21.8 Å². The summed E-state index contributed by atoms with van der Waals surface area (Å²) >= 11 is 0. The van der Waals surface area contributed by atoms with E-state index in [0.717, 1.165) is 59.6 Å². The second-order valence-electron chi connectivity index (χ2n) is 9.37. The molecule has 0 spiro atoms. The molecule has 4 aromatic carbocycles. The van der Waals surface area contributed by atoms with Gasteiger partial charge in [0.05, 0.1) is 17.6 Å². The van der Waals surface area contributed by atoms with Crippen molar-refractivity contribution in [2.75, 3.05) is 6.61 Å². The molecule has 1 aromatic heterocycles. The quantitative estimate of drug-likeness (QED) is 0.180. The molecule has 0 aliphatic carbocycles. The molecule has 1 unspecified atom stereocenters. The normalized spacial score (nSPS) is 12.2. The Labute approximate surface area is 213 Å². The highest BCUT2D eigenvalue weighted by atomic mass is 16.5. The first-order valence-corrected chi connectivity index (χ1v) is 13.0. The molecule has 36 heavy (non-hydrogen) atoms. The summed E-state index contributed by atoms with van der Waals surface area (Å²) < 4.78 is 14.6. The van der Waals surface area contributed by atoms with Gasteiger partial charge in [0.1, 0.15) is 23.9 Å². The van der Waals surface area contributed by atoms with Gasteiger partial charge in [-0.2, -0.15) is 0 Å². The number of rotatable bonds is 11. The second kappa shape index (κ2) is 11.3.